The summed E-state index contributed by atoms with van der Waals surface area (Å²) < 4.78 is 107. The number of aromatic amines is 1. The molecule has 1 atom stereocenters. The van der Waals surface area contributed by atoms with Crippen LogP contribution < -0.4 is 5.32 Å². The lowest BCUT2D eigenvalue weighted by molar-refractivity contribution is 0.177. The fourth-order valence-electron chi connectivity index (χ4n) is 2.00. The van der Waals surface area contributed by atoms with Crippen molar-refractivity contribution in [3.05, 3.63) is 35.4 Å². The molecule has 0 unspecified atom stereocenters. The molecule has 5 nitrogen and oxygen atoms in total. The zero-order valence-corrected chi connectivity index (χ0v) is 10.9. The van der Waals surface area contributed by atoms with Crippen LogP contribution in [-0.2, 0) is 17.6 Å². The van der Waals surface area contributed by atoms with Gasteiger partial charge in [-0.25, -0.2) is 4.79 Å². The third-order valence-electron chi connectivity index (χ3n) is 2.96. The van der Waals surface area contributed by atoms with Crippen molar-refractivity contribution in [2.45, 2.75) is 18.9 Å². The summed E-state index contributed by atoms with van der Waals surface area (Å²) in [5, 5.41) is 1.96. The number of carbonyl (C=O) groups excluding carboxylic acids is 1. The molecule has 0 radical (unpaired) electrons. The van der Waals surface area contributed by atoms with Gasteiger partial charge in [0, 0.05) is 31.8 Å². The molecule has 2 N–H and O–H groups in total. The molecule has 1 amide bonds. The molecule has 1 aliphatic heterocycles. The zero-order valence-electron chi connectivity index (χ0n) is 23.9. The first-order valence-corrected chi connectivity index (χ1v) is 6.19. The molecular formula is C16H21N3O2. The highest BCUT2D eigenvalue weighted by molar-refractivity contribution is 5.84. The van der Waals surface area contributed by atoms with Crippen LogP contribution in [-0.4, -0.2) is 49.1 Å². The first-order valence-electron chi connectivity index (χ1n) is 12.7. The number of amides is 1. The quantitative estimate of drug-likeness (QED) is 0.887. The van der Waals surface area contributed by atoms with Crippen LogP contribution in [0.25, 0.3) is 10.9 Å². The number of nitrogens with one attached hydrogen (secondary N) is 2. The number of hydrogen-bond donors (Lipinski definition) is 2. The van der Waals surface area contributed by atoms with Gasteiger partial charge in [-0.15, -0.1) is 0 Å². The molecule has 5 heteroatoms. The summed E-state index contributed by atoms with van der Waals surface area (Å²) in [6, 6.07) is -3.83. The van der Waals surface area contributed by atoms with Crippen molar-refractivity contribution in [1.29, 1.82) is 0 Å². The summed E-state index contributed by atoms with van der Waals surface area (Å²) >= 11 is 0. The van der Waals surface area contributed by atoms with E-state index in [9.17, 15) is 4.79 Å². The maximum Gasteiger partial charge on any atom is 0.407 e. The van der Waals surface area contributed by atoms with E-state index in [0.29, 0.717) is 4.90 Å². The highest BCUT2D eigenvalue weighted by atomic mass is 16.6. The summed E-state index contributed by atoms with van der Waals surface area (Å²) in [5.41, 5.74) is -0.324. The summed E-state index contributed by atoms with van der Waals surface area (Å²) in [6.07, 6.45) is -2.52. The number of benzene rings is 1. The van der Waals surface area contributed by atoms with Crippen molar-refractivity contribution in [3.63, 3.8) is 0 Å². The van der Waals surface area contributed by atoms with Crippen molar-refractivity contribution in [3.8, 4) is 0 Å². The molecule has 0 aliphatic carbocycles. The molecule has 0 saturated carbocycles. The van der Waals surface area contributed by atoms with E-state index in [4.69, 9.17) is 17.8 Å². The van der Waals surface area contributed by atoms with E-state index in [1.54, 1.807) is 0 Å². The molecule has 3 rings (SSSR count). The van der Waals surface area contributed by atoms with Gasteiger partial charge >= 0.3 is 6.09 Å². The Bertz CT molecular complexity index is 1130. The van der Waals surface area contributed by atoms with Crippen LogP contribution in [0, 0.1) is 0 Å². The Balaban J connectivity index is 2.10. The Hall–Kier alpha value is -2.01. The maximum absolute atomic E-state index is 11.5. The highest BCUT2D eigenvalue weighted by Crippen LogP contribution is 2.21. The molecule has 112 valence electrons. The molecule has 1 aromatic heterocycles. The fraction of sp³-hybridized carbons (Fsp3) is 0.438. The molecule has 0 bridgehead atoms. The average molecular weight is 300 g/mol. The van der Waals surface area contributed by atoms with Gasteiger partial charge < -0.3 is 19.9 Å². The van der Waals surface area contributed by atoms with Crippen LogP contribution in [0.5, 0.6) is 0 Å². The van der Waals surface area contributed by atoms with E-state index in [-0.39, 0.29) is 34.6 Å². The molecule has 0 spiro atoms. The largest absolute Gasteiger partial charge is 0.447 e. The molecule has 21 heavy (non-hydrogen) atoms. The Morgan fingerprint density at radius 1 is 1.62 bits per heavy atom. The minimum Gasteiger partial charge on any atom is -0.447 e. The number of alkyl carbamates (subject to hydrolysis) is 1. The molecule has 2 aromatic rings. The minimum absolute atomic E-state index is 0.0296. The van der Waals surface area contributed by atoms with E-state index in [1.165, 1.54) is 0 Å². The summed E-state index contributed by atoms with van der Waals surface area (Å²) in [4.78, 5) is 14.4. The first-order chi connectivity index (χ1) is 15.3. The SMILES string of the molecule is [2H]c1[nH]c2c([2H])c([2H])c(C[C@]3([2H])NC(=O)OC3([2H])[2H])c([2H])c2c1CCN(C([2H])([2H])[2H])C([2H])([2H])[2H]. The predicted octanol–water partition coefficient (Wildman–Crippen LogP) is 1.92. The third kappa shape index (κ3) is 3.19. The van der Waals surface area contributed by atoms with E-state index in [1.807, 2.05) is 5.32 Å². The van der Waals surface area contributed by atoms with Gasteiger partial charge in [-0.2, -0.15) is 0 Å². The van der Waals surface area contributed by atoms with Crippen molar-refractivity contribution < 1.29 is 27.4 Å². The van der Waals surface area contributed by atoms with Crippen LogP contribution >= 0.6 is 0 Å². The Kier molecular flexibility index (Phi) is 1.46. The summed E-state index contributed by atoms with van der Waals surface area (Å²) in [6.45, 7) is -9.27. The predicted molar refractivity (Wildman–Crippen MR) is 82.5 cm³/mol. The van der Waals surface area contributed by atoms with Crippen molar-refractivity contribution in [2.24, 2.45) is 0 Å². The summed E-state index contributed by atoms with van der Waals surface area (Å²) in [7, 11) is 0. The van der Waals surface area contributed by atoms with Crippen LogP contribution in [0.1, 0.15) is 28.9 Å². The van der Waals surface area contributed by atoms with Gasteiger partial charge in [0.05, 0.1) is 15.6 Å². The Morgan fingerprint density at radius 2 is 2.52 bits per heavy atom. The standard InChI is InChI=1S/C16H21N3O2/c1-19(2)6-5-12-9-17-15-4-3-11(8-14(12)15)7-13-10-21-16(20)18-13/h3-4,8-9,13,17H,5-7,10H2,1-2H3,(H,18,20)/t13-/m0/s1/i1D3,2D3,3D,4D,8D,9D,10D2,13D. The number of rotatable bonds is 5. The van der Waals surface area contributed by atoms with E-state index >= 15 is 0 Å². The number of fused-ring (bicyclic) bond motifs is 1. The lowest BCUT2D eigenvalue weighted by Crippen LogP contribution is -2.28. The molecule has 2 heterocycles. The Morgan fingerprint density at radius 3 is 3.29 bits per heavy atom. The number of aromatic nitrogens is 1. The van der Waals surface area contributed by atoms with Crippen molar-refractivity contribution in [1.82, 2.24) is 15.2 Å². The van der Waals surface area contributed by atoms with Crippen molar-refractivity contribution in [2.75, 3.05) is 27.1 Å². The third-order valence-corrected chi connectivity index (χ3v) is 2.96. The van der Waals surface area contributed by atoms with Gasteiger partial charge in [-0.3, -0.25) is 0 Å². The number of hydrogen-bond acceptors (Lipinski definition) is 3. The van der Waals surface area contributed by atoms with Gasteiger partial charge in [0.15, 0.2) is 0 Å². The van der Waals surface area contributed by atoms with Crippen molar-refractivity contribution >= 4 is 17.0 Å². The normalized spacial score (nSPS) is 34.3. The van der Waals surface area contributed by atoms with Crippen LogP contribution in [0.15, 0.2) is 24.3 Å². The minimum atomic E-state index is -2.96. The molecule has 1 fully saturated rings. The monoisotopic (exact) mass is 300 g/mol. The van der Waals surface area contributed by atoms with Gasteiger partial charge in [-0.05, 0) is 50.0 Å². The topological polar surface area (TPSA) is 57.4 Å². The van der Waals surface area contributed by atoms with Gasteiger partial charge in [-0.1, -0.05) is 6.04 Å². The maximum atomic E-state index is 11.5. The smallest absolute Gasteiger partial charge is 0.407 e. The number of carbonyl (C=O) groups is 1. The number of likely N-dealkylation sites (N-methyl/N-ethyl adjacent to an activating group) is 1. The van der Waals surface area contributed by atoms with Crippen LogP contribution in [0.4, 0.5) is 4.79 Å². The van der Waals surface area contributed by atoms with Gasteiger partial charge in [0.2, 0.25) is 0 Å². The second-order valence-corrected chi connectivity index (χ2v) is 4.51. The second kappa shape index (κ2) is 5.77. The highest BCUT2D eigenvalue weighted by Gasteiger charge is 2.22. The molecule has 1 aromatic carbocycles. The number of ether oxygens (including phenoxy) is 1. The number of cyclic esters (lactones) is 1. The second-order valence-electron chi connectivity index (χ2n) is 4.51. The van der Waals surface area contributed by atoms with Crippen LogP contribution in [0.3, 0.4) is 0 Å². The first kappa shape index (κ1) is 5.32. The molecule has 1 saturated heterocycles. The van der Waals surface area contributed by atoms with Crippen LogP contribution in [0.2, 0.25) is 0 Å². The van der Waals surface area contributed by atoms with E-state index in [2.05, 4.69) is 9.72 Å². The summed E-state index contributed by atoms with van der Waals surface area (Å²) in [5.74, 6) is 0. The zero-order chi connectivity index (χ0) is 26.0. The molecule has 1 aliphatic rings. The lowest BCUT2D eigenvalue weighted by Gasteiger charge is -2.09. The van der Waals surface area contributed by atoms with Gasteiger partial charge in [0.1, 0.15) is 6.56 Å². The number of H-pyrrole nitrogens is 1. The lowest BCUT2D eigenvalue weighted by atomic mass is 10.0. The molecular weight excluding hydrogens is 266 g/mol. The van der Waals surface area contributed by atoms with Gasteiger partial charge in [0.25, 0.3) is 0 Å². The fourth-order valence-corrected chi connectivity index (χ4v) is 2.00. The van der Waals surface area contributed by atoms with E-state index in [0.717, 1.165) is 0 Å². The number of nitrogens with zero attached hydrogens (tertiary/aromatic N) is 1. The average Bonchev–Trinajstić information content (AvgIpc) is 3.07. The Labute approximate surface area is 142 Å². The van der Waals surface area contributed by atoms with E-state index < -0.39 is 63.7 Å².